The molecule has 0 spiro atoms. The van der Waals surface area contributed by atoms with Crippen LogP contribution >= 0.6 is 0 Å². The first-order chi connectivity index (χ1) is 11.7. The number of para-hydroxylation sites is 1. The zero-order valence-electron chi connectivity index (χ0n) is 14.6. The first kappa shape index (κ1) is 17.0. The van der Waals surface area contributed by atoms with Gasteiger partial charge in [0.2, 0.25) is 0 Å². The van der Waals surface area contributed by atoms with Crippen molar-refractivity contribution in [3.05, 3.63) is 65.7 Å². The number of quaternary nitrogens is 1. The molecule has 0 N–H and O–H groups in total. The van der Waals surface area contributed by atoms with Crippen molar-refractivity contribution >= 4 is 0 Å². The summed E-state index contributed by atoms with van der Waals surface area (Å²) in [5, 5.41) is 0. The van der Waals surface area contributed by atoms with E-state index in [2.05, 4.69) is 31.3 Å². The van der Waals surface area contributed by atoms with Crippen LogP contribution in [0.15, 0.2) is 54.6 Å². The second kappa shape index (κ2) is 8.32. The SMILES string of the molecule is C[N+]1(CCCc2ccc(COc3ccccc3)cc2)CCOCC1. The van der Waals surface area contributed by atoms with Crippen molar-refractivity contribution in [1.29, 1.82) is 0 Å². The maximum atomic E-state index is 5.79. The Kier molecular flexibility index (Phi) is 5.89. The Morgan fingerprint density at radius 2 is 1.58 bits per heavy atom. The van der Waals surface area contributed by atoms with Crippen LogP contribution < -0.4 is 4.74 Å². The lowest BCUT2D eigenvalue weighted by Crippen LogP contribution is -2.52. The van der Waals surface area contributed by atoms with Gasteiger partial charge in [0, 0.05) is 6.42 Å². The summed E-state index contributed by atoms with van der Waals surface area (Å²) in [6, 6.07) is 18.8. The minimum Gasteiger partial charge on any atom is -0.489 e. The fourth-order valence-corrected chi connectivity index (χ4v) is 3.16. The molecule has 0 unspecified atom stereocenters. The number of rotatable bonds is 7. The highest BCUT2D eigenvalue weighted by molar-refractivity contribution is 5.24. The van der Waals surface area contributed by atoms with Gasteiger partial charge in [-0.3, -0.25) is 0 Å². The molecule has 1 saturated heterocycles. The molecule has 0 bridgehead atoms. The molecule has 1 aliphatic heterocycles. The number of ether oxygens (including phenoxy) is 2. The number of benzene rings is 2. The summed E-state index contributed by atoms with van der Waals surface area (Å²) in [6.45, 7) is 5.98. The van der Waals surface area contributed by atoms with Gasteiger partial charge in [0.25, 0.3) is 0 Å². The van der Waals surface area contributed by atoms with Gasteiger partial charge in [0.15, 0.2) is 0 Å². The molecule has 1 fully saturated rings. The van der Waals surface area contributed by atoms with Gasteiger partial charge >= 0.3 is 0 Å². The summed E-state index contributed by atoms with van der Waals surface area (Å²) < 4.78 is 12.4. The molecule has 0 aromatic heterocycles. The molecule has 0 saturated carbocycles. The molecule has 0 aliphatic carbocycles. The van der Waals surface area contributed by atoms with Gasteiger partial charge in [0.1, 0.15) is 25.4 Å². The Morgan fingerprint density at radius 1 is 0.917 bits per heavy atom. The number of likely N-dealkylation sites (N-methyl/N-ethyl adjacent to an activating group) is 1. The summed E-state index contributed by atoms with van der Waals surface area (Å²) in [7, 11) is 2.35. The predicted octanol–water partition coefficient (Wildman–Crippen LogP) is 3.68. The fourth-order valence-electron chi connectivity index (χ4n) is 3.16. The Balaban J connectivity index is 1.42. The predicted molar refractivity (Wildman–Crippen MR) is 97.1 cm³/mol. The van der Waals surface area contributed by atoms with Crippen molar-refractivity contribution in [1.82, 2.24) is 0 Å². The van der Waals surface area contributed by atoms with Gasteiger partial charge in [-0.2, -0.15) is 0 Å². The van der Waals surface area contributed by atoms with Gasteiger partial charge in [-0.15, -0.1) is 0 Å². The smallest absolute Gasteiger partial charge is 0.119 e. The molecule has 3 nitrogen and oxygen atoms in total. The third kappa shape index (κ3) is 5.08. The van der Waals surface area contributed by atoms with E-state index < -0.39 is 0 Å². The van der Waals surface area contributed by atoms with Crippen LogP contribution in [0.1, 0.15) is 17.5 Å². The van der Waals surface area contributed by atoms with Crippen LogP contribution in [0.3, 0.4) is 0 Å². The lowest BCUT2D eigenvalue weighted by atomic mass is 10.1. The lowest BCUT2D eigenvalue weighted by Gasteiger charge is -2.37. The highest BCUT2D eigenvalue weighted by atomic mass is 16.5. The van der Waals surface area contributed by atoms with Gasteiger partial charge in [-0.25, -0.2) is 0 Å². The van der Waals surface area contributed by atoms with Crippen LogP contribution in [0.4, 0.5) is 0 Å². The zero-order valence-corrected chi connectivity index (χ0v) is 14.6. The quantitative estimate of drug-likeness (QED) is 0.723. The summed E-state index contributed by atoms with van der Waals surface area (Å²) in [4.78, 5) is 0. The van der Waals surface area contributed by atoms with E-state index in [4.69, 9.17) is 9.47 Å². The molecule has 128 valence electrons. The van der Waals surface area contributed by atoms with Crippen molar-refractivity contribution in [2.75, 3.05) is 39.9 Å². The topological polar surface area (TPSA) is 18.5 Å². The summed E-state index contributed by atoms with van der Waals surface area (Å²) >= 11 is 0. The monoisotopic (exact) mass is 326 g/mol. The van der Waals surface area contributed by atoms with E-state index in [1.165, 1.54) is 24.1 Å². The highest BCUT2D eigenvalue weighted by Gasteiger charge is 2.24. The first-order valence-electron chi connectivity index (χ1n) is 8.91. The van der Waals surface area contributed by atoms with Crippen molar-refractivity contribution in [2.24, 2.45) is 0 Å². The average Bonchev–Trinajstić information content (AvgIpc) is 2.62. The number of morpholine rings is 1. The zero-order chi connectivity index (χ0) is 16.7. The van der Waals surface area contributed by atoms with E-state index >= 15 is 0 Å². The summed E-state index contributed by atoms with van der Waals surface area (Å²) in [6.07, 6.45) is 2.38. The van der Waals surface area contributed by atoms with E-state index in [1.54, 1.807) is 0 Å². The molecule has 3 rings (SSSR count). The fraction of sp³-hybridized carbons (Fsp3) is 0.429. The summed E-state index contributed by atoms with van der Waals surface area (Å²) in [5.74, 6) is 0.920. The van der Waals surface area contributed by atoms with Crippen molar-refractivity contribution in [3.8, 4) is 5.75 Å². The second-order valence-electron chi connectivity index (χ2n) is 6.92. The van der Waals surface area contributed by atoms with Crippen LogP contribution in [0, 0.1) is 0 Å². The minimum atomic E-state index is 0.624. The molecular formula is C21H28NO2+. The minimum absolute atomic E-state index is 0.624. The third-order valence-corrected chi connectivity index (χ3v) is 4.89. The molecule has 2 aromatic rings. The average molecular weight is 326 g/mol. The van der Waals surface area contributed by atoms with Crippen LogP contribution in [0.5, 0.6) is 5.75 Å². The molecule has 0 amide bonds. The van der Waals surface area contributed by atoms with Crippen molar-refractivity contribution in [3.63, 3.8) is 0 Å². The molecule has 24 heavy (non-hydrogen) atoms. The molecule has 0 atom stereocenters. The van der Waals surface area contributed by atoms with Gasteiger partial charge in [0.05, 0.1) is 26.8 Å². The molecule has 2 aromatic carbocycles. The normalized spacial score (nSPS) is 16.7. The lowest BCUT2D eigenvalue weighted by molar-refractivity contribution is -0.917. The second-order valence-corrected chi connectivity index (χ2v) is 6.92. The highest BCUT2D eigenvalue weighted by Crippen LogP contribution is 2.14. The van der Waals surface area contributed by atoms with Crippen LogP contribution in [0.2, 0.25) is 0 Å². The van der Waals surface area contributed by atoms with Crippen LogP contribution in [-0.4, -0.2) is 44.4 Å². The van der Waals surface area contributed by atoms with Crippen molar-refractivity contribution in [2.45, 2.75) is 19.4 Å². The third-order valence-electron chi connectivity index (χ3n) is 4.89. The Bertz CT molecular complexity index is 603. The Labute approximate surface area is 145 Å². The van der Waals surface area contributed by atoms with Gasteiger partial charge in [-0.1, -0.05) is 42.5 Å². The Morgan fingerprint density at radius 3 is 2.29 bits per heavy atom. The number of nitrogens with zero attached hydrogens (tertiary/aromatic N) is 1. The molecule has 1 aliphatic rings. The number of aryl methyl sites for hydroxylation is 1. The molecular weight excluding hydrogens is 298 g/mol. The van der Waals surface area contributed by atoms with E-state index in [1.807, 2.05) is 30.3 Å². The van der Waals surface area contributed by atoms with Crippen LogP contribution in [0.25, 0.3) is 0 Å². The van der Waals surface area contributed by atoms with Crippen LogP contribution in [-0.2, 0) is 17.8 Å². The Hall–Kier alpha value is -1.84. The van der Waals surface area contributed by atoms with Gasteiger partial charge in [-0.05, 0) is 29.7 Å². The van der Waals surface area contributed by atoms with E-state index in [9.17, 15) is 0 Å². The number of hydrogen-bond donors (Lipinski definition) is 0. The van der Waals surface area contributed by atoms with E-state index in [-0.39, 0.29) is 0 Å². The summed E-state index contributed by atoms with van der Waals surface area (Å²) in [5.41, 5.74) is 2.63. The molecule has 3 heteroatoms. The molecule has 1 heterocycles. The van der Waals surface area contributed by atoms with Gasteiger partial charge < -0.3 is 14.0 Å². The maximum absolute atomic E-state index is 5.79. The van der Waals surface area contributed by atoms with Crippen molar-refractivity contribution < 1.29 is 14.0 Å². The standard InChI is InChI=1S/C21H28NO2/c1-22(14-16-23-17-15-22)13-5-6-19-9-11-20(12-10-19)18-24-21-7-3-2-4-8-21/h2-4,7-12H,5-6,13-18H2,1H3/q+1. The first-order valence-corrected chi connectivity index (χ1v) is 8.91. The van der Waals surface area contributed by atoms with E-state index in [0.717, 1.165) is 43.0 Å². The maximum Gasteiger partial charge on any atom is 0.119 e. The molecule has 0 radical (unpaired) electrons. The van der Waals surface area contributed by atoms with E-state index in [0.29, 0.717) is 6.61 Å². The number of hydrogen-bond acceptors (Lipinski definition) is 2. The largest absolute Gasteiger partial charge is 0.489 e.